The molecule has 2 N–H and O–H groups in total. The maximum Gasteiger partial charge on any atom is 0.242 e. The van der Waals surface area contributed by atoms with Gasteiger partial charge in [-0.3, -0.25) is 4.79 Å². The van der Waals surface area contributed by atoms with Gasteiger partial charge in [-0.25, -0.2) is 8.42 Å². The molecule has 3 rings (SSSR count). The molecule has 9 heteroatoms. The fourth-order valence-corrected chi connectivity index (χ4v) is 4.64. The van der Waals surface area contributed by atoms with E-state index in [2.05, 4.69) is 10.0 Å². The predicted octanol–water partition coefficient (Wildman–Crippen LogP) is 5.48. The van der Waals surface area contributed by atoms with E-state index in [1.165, 1.54) is 24.3 Å². The Morgan fingerprint density at radius 3 is 2.16 bits per heavy atom. The lowest BCUT2D eigenvalue weighted by Gasteiger charge is -2.19. The van der Waals surface area contributed by atoms with Crippen LogP contribution in [0.3, 0.4) is 0 Å². The van der Waals surface area contributed by atoms with Crippen LogP contribution in [0.25, 0.3) is 0 Å². The van der Waals surface area contributed by atoms with Crippen molar-refractivity contribution in [2.45, 2.75) is 24.3 Å². The van der Waals surface area contributed by atoms with Gasteiger partial charge in [-0.2, -0.15) is 4.72 Å². The zero-order valence-electron chi connectivity index (χ0n) is 16.4. The molecule has 0 bridgehead atoms. The highest BCUT2D eigenvalue weighted by Crippen LogP contribution is 2.32. The van der Waals surface area contributed by atoms with Gasteiger partial charge >= 0.3 is 0 Å². The molecule has 0 aliphatic carbocycles. The van der Waals surface area contributed by atoms with Gasteiger partial charge in [0.05, 0.1) is 25.7 Å². The van der Waals surface area contributed by atoms with Crippen molar-refractivity contribution in [3.05, 3.63) is 92.9 Å². The molecule has 0 spiro atoms. The number of carbonyl (C=O) groups is 1. The largest absolute Gasteiger partial charge is 0.323 e. The fourth-order valence-electron chi connectivity index (χ4n) is 2.85. The summed E-state index contributed by atoms with van der Waals surface area (Å²) in [6.45, 7) is 1.86. The van der Waals surface area contributed by atoms with Gasteiger partial charge in [0.25, 0.3) is 0 Å². The van der Waals surface area contributed by atoms with Crippen molar-refractivity contribution in [2.75, 3.05) is 5.32 Å². The highest BCUT2D eigenvalue weighted by Gasteiger charge is 2.27. The summed E-state index contributed by atoms with van der Waals surface area (Å²) in [6, 6.07) is 17.2. The Labute approximate surface area is 196 Å². The molecule has 1 atom stereocenters. The number of halogens is 3. The van der Waals surface area contributed by atoms with Crippen LogP contribution in [0.2, 0.25) is 15.1 Å². The van der Waals surface area contributed by atoms with Crippen molar-refractivity contribution >= 4 is 56.4 Å². The van der Waals surface area contributed by atoms with E-state index in [-0.39, 0.29) is 32.1 Å². The van der Waals surface area contributed by atoms with Crippen LogP contribution in [-0.2, 0) is 21.2 Å². The maximum atomic E-state index is 13.1. The third-order valence-corrected chi connectivity index (χ3v) is 7.02. The lowest BCUT2D eigenvalue weighted by molar-refractivity contribution is -0.117. The minimum atomic E-state index is -3.95. The SMILES string of the molecule is Cc1ccc(S(=O)(=O)N[C@H](Cc2ccccc2)C(=O)Nc2cc(Cl)c(Cl)cc2Cl)cc1. The van der Waals surface area contributed by atoms with E-state index < -0.39 is 22.0 Å². The van der Waals surface area contributed by atoms with Gasteiger partial charge in [-0.05, 0) is 43.2 Å². The average molecular weight is 498 g/mol. The third kappa shape index (κ3) is 6.21. The van der Waals surface area contributed by atoms with Crippen LogP contribution in [0.5, 0.6) is 0 Å². The number of nitrogens with one attached hydrogen (secondary N) is 2. The highest BCUT2D eigenvalue weighted by atomic mass is 35.5. The second kappa shape index (κ2) is 10.0. The zero-order valence-corrected chi connectivity index (χ0v) is 19.5. The number of amides is 1. The number of benzene rings is 3. The van der Waals surface area contributed by atoms with Crippen LogP contribution in [0.15, 0.2) is 71.6 Å². The van der Waals surface area contributed by atoms with Crippen molar-refractivity contribution in [1.29, 1.82) is 0 Å². The Balaban J connectivity index is 1.89. The number of rotatable bonds is 7. The van der Waals surface area contributed by atoms with Crippen molar-refractivity contribution in [2.24, 2.45) is 0 Å². The maximum absolute atomic E-state index is 13.1. The molecule has 5 nitrogen and oxygen atoms in total. The highest BCUT2D eigenvalue weighted by molar-refractivity contribution is 7.89. The molecule has 0 radical (unpaired) electrons. The van der Waals surface area contributed by atoms with Gasteiger partial charge in [-0.1, -0.05) is 82.8 Å². The van der Waals surface area contributed by atoms with Crippen LogP contribution in [-0.4, -0.2) is 20.4 Å². The summed E-state index contributed by atoms with van der Waals surface area (Å²) < 4.78 is 28.3. The molecule has 162 valence electrons. The van der Waals surface area contributed by atoms with Crippen molar-refractivity contribution in [3.8, 4) is 0 Å². The molecule has 0 fully saturated rings. The Morgan fingerprint density at radius 2 is 1.52 bits per heavy atom. The molecule has 0 aliphatic rings. The zero-order chi connectivity index (χ0) is 22.6. The first-order valence-electron chi connectivity index (χ1n) is 9.24. The second-order valence-electron chi connectivity index (χ2n) is 6.91. The number of carbonyl (C=O) groups excluding carboxylic acids is 1. The monoisotopic (exact) mass is 496 g/mol. The average Bonchev–Trinajstić information content (AvgIpc) is 2.72. The van der Waals surface area contributed by atoms with Gasteiger partial charge in [0, 0.05) is 0 Å². The quantitative estimate of drug-likeness (QED) is 0.424. The summed E-state index contributed by atoms with van der Waals surface area (Å²) in [5.41, 5.74) is 1.94. The number of hydrogen-bond acceptors (Lipinski definition) is 3. The van der Waals surface area contributed by atoms with Gasteiger partial charge in [0.1, 0.15) is 6.04 Å². The van der Waals surface area contributed by atoms with E-state index in [1.54, 1.807) is 12.1 Å². The molecule has 1 amide bonds. The van der Waals surface area contributed by atoms with E-state index in [9.17, 15) is 13.2 Å². The molecule has 0 aromatic heterocycles. The van der Waals surface area contributed by atoms with Crippen molar-refractivity contribution in [3.63, 3.8) is 0 Å². The van der Waals surface area contributed by atoms with E-state index in [4.69, 9.17) is 34.8 Å². The van der Waals surface area contributed by atoms with Crippen LogP contribution >= 0.6 is 34.8 Å². The van der Waals surface area contributed by atoms with Crippen LogP contribution in [0, 0.1) is 6.92 Å². The van der Waals surface area contributed by atoms with E-state index in [0.29, 0.717) is 0 Å². The number of hydrogen-bond donors (Lipinski definition) is 2. The normalized spacial score (nSPS) is 12.4. The Morgan fingerprint density at radius 1 is 0.903 bits per heavy atom. The molecule has 31 heavy (non-hydrogen) atoms. The molecular weight excluding hydrogens is 479 g/mol. The minimum absolute atomic E-state index is 0.0662. The Hall–Kier alpha value is -2.09. The molecule has 3 aromatic carbocycles. The summed E-state index contributed by atoms with van der Waals surface area (Å²) in [6.07, 6.45) is 0.136. The molecular formula is C22H19Cl3N2O3S. The van der Waals surface area contributed by atoms with E-state index in [0.717, 1.165) is 11.1 Å². The lowest BCUT2D eigenvalue weighted by atomic mass is 10.1. The topological polar surface area (TPSA) is 75.3 Å². The summed E-state index contributed by atoms with van der Waals surface area (Å²) >= 11 is 18.1. The minimum Gasteiger partial charge on any atom is -0.323 e. The van der Waals surface area contributed by atoms with E-state index in [1.807, 2.05) is 37.3 Å². The summed E-state index contributed by atoms with van der Waals surface area (Å²) in [5.74, 6) is -0.583. The van der Waals surface area contributed by atoms with Crippen LogP contribution in [0.1, 0.15) is 11.1 Å². The molecule has 0 heterocycles. The molecule has 0 aliphatic heterocycles. The first kappa shape index (κ1) is 23.6. The second-order valence-corrected chi connectivity index (χ2v) is 9.85. The summed E-state index contributed by atoms with van der Waals surface area (Å²) in [5, 5.41) is 3.27. The van der Waals surface area contributed by atoms with Gasteiger partial charge in [0.2, 0.25) is 15.9 Å². The number of anilines is 1. The lowest BCUT2D eigenvalue weighted by Crippen LogP contribution is -2.45. The van der Waals surface area contributed by atoms with Crippen LogP contribution < -0.4 is 10.0 Å². The summed E-state index contributed by atoms with van der Waals surface area (Å²) in [4.78, 5) is 13.1. The first-order chi connectivity index (χ1) is 14.7. The van der Waals surface area contributed by atoms with E-state index >= 15 is 0 Å². The van der Waals surface area contributed by atoms with Gasteiger partial charge in [-0.15, -0.1) is 0 Å². The predicted molar refractivity (Wildman–Crippen MR) is 126 cm³/mol. The standard InChI is InChI=1S/C22H19Cl3N2O3S/c1-14-7-9-16(10-8-14)31(29,30)27-21(11-15-5-3-2-4-6-15)22(28)26-20-13-18(24)17(23)12-19(20)25/h2-10,12-13,21,27H,11H2,1H3,(H,26,28)/t21-/m1/s1. The Kier molecular flexibility index (Phi) is 7.62. The first-order valence-corrected chi connectivity index (χ1v) is 11.9. The smallest absolute Gasteiger partial charge is 0.242 e. The van der Waals surface area contributed by atoms with Crippen molar-refractivity contribution < 1.29 is 13.2 Å². The van der Waals surface area contributed by atoms with Crippen LogP contribution in [0.4, 0.5) is 5.69 Å². The molecule has 0 unspecified atom stereocenters. The summed E-state index contributed by atoms with van der Waals surface area (Å²) in [7, 11) is -3.95. The molecule has 3 aromatic rings. The third-order valence-electron chi connectivity index (χ3n) is 4.50. The Bertz CT molecular complexity index is 1180. The van der Waals surface area contributed by atoms with Gasteiger partial charge < -0.3 is 5.32 Å². The number of aryl methyl sites for hydroxylation is 1. The fraction of sp³-hybridized carbons (Fsp3) is 0.136. The van der Waals surface area contributed by atoms with Crippen molar-refractivity contribution in [1.82, 2.24) is 4.72 Å². The molecule has 0 saturated carbocycles. The van der Waals surface area contributed by atoms with Gasteiger partial charge in [0.15, 0.2) is 0 Å². The number of sulfonamides is 1. The molecule has 0 saturated heterocycles.